The van der Waals surface area contributed by atoms with Crippen LogP contribution in [0.1, 0.15) is 31.9 Å². The maximum atomic E-state index is 12.4. The second-order valence-electron chi connectivity index (χ2n) is 7.63. The summed E-state index contributed by atoms with van der Waals surface area (Å²) in [6, 6.07) is 13.9. The number of hydrazone groups is 1. The minimum absolute atomic E-state index is 0.0424. The smallest absolute Gasteiger partial charge is 0.260 e. The van der Waals surface area contributed by atoms with Crippen molar-refractivity contribution in [3.05, 3.63) is 59.7 Å². The molecule has 0 spiro atoms. The molecule has 2 N–H and O–H groups in total. The molecule has 0 aliphatic heterocycles. The summed E-state index contributed by atoms with van der Waals surface area (Å²) >= 11 is 0. The average molecular weight is 475 g/mol. The summed E-state index contributed by atoms with van der Waals surface area (Å²) in [5, 5.41) is 6.63. The molecule has 0 aliphatic carbocycles. The van der Waals surface area contributed by atoms with Gasteiger partial charge in [0.2, 0.25) is 10.0 Å². The third-order valence-electron chi connectivity index (χ3n) is 4.43. The van der Waals surface area contributed by atoms with Crippen molar-refractivity contribution in [3.63, 3.8) is 0 Å². The van der Waals surface area contributed by atoms with Crippen LogP contribution in [0, 0.1) is 0 Å². The molecule has 2 aromatic carbocycles. The number of carbonyl (C=O) groups is 2. The van der Waals surface area contributed by atoms with Crippen LogP contribution >= 0.6 is 0 Å². The summed E-state index contributed by atoms with van der Waals surface area (Å²) in [7, 11) is -3.67. The summed E-state index contributed by atoms with van der Waals surface area (Å²) in [5.74, 6) is -0.254. The summed E-state index contributed by atoms with van der Waals surface area (Å²) in [6.07, 6.45) is 3.12. The number of ether oxygens (including phenoxy) is 1. The maximum Gasteiger partial charge on any atom is 0.260 e. The van der Waals surface area contributed by atoms with Gasteiger partial charge in [-0.25, -0.2) is 13.8 Å². The van der Waals surface area contributed by atoms with E-state index in [9.17, 15) is 18.0 Å². The molecule has 0 saturated carbocycles. The first-order valence-corrected chi connectivity index (χ1v) is 12.3. The third-order valence-corrected chi connectivity index (χ3v) is 5.56. The number of rotatable bonds is 11. The molecule has 178 valence electrons. The van der Waals surface area contributed by atoms with Crippen molar-refractivity contribution in [2.45, 2.75) is 33.2 Å². The fraction of sp³-hybridized carbons (Fsp3) is 0.348. The largest absolute Gasteiger partial charge is 0.484 e. The monoisotopic (exact) mass is 474 g/mol. The Morgan fingerprint density at radius 2 is 1.76 bits per heavy atom. The van der Waals surface area contributed by atoms with E-state index in [1.165, 1.54) is 6.21 Å². The lowest BCUT2D eigenvalue weighted by Gasteiger charge is -2.23. The number of hydrogen-bond acceptors (Lipinski definition) is 6. The first-order chi connectivity index (χ1) is 15.6. The minimum Gasteiger partial charge on any atom is -0.484 e. The number of anilines is 1. The second-order valence-corrected chi connectivity index (χ2v) is 9.53. The molecule has 0 atom stereocenters. The summed E-state index contributed by atoms with van der Waals surface area (Å²) in [6.45, 7) is 5.18. The Morgan fingerprint density at radius 1 is 1.09 bits per heavy atom. The highest BCUT2D eigenvalue weighted by atomic mass is 32.2. The van der Waals surface area contributed by atoms with E-state index in [0.717, 1.165) is 16.1 Å². The van der Waals surface area contributed by atoms with E-state index < -0.39 is 22.5 Å². The molecule has 9 nitrogen and oxygen atoms in total. The van der Waals surface area contributed by atoms with Crippen LogP contribution in [0.5, 0.6) is 5.75 Å². The van der Waals surface area contributed by atoms with Crippen LogP contribution in [0.3, 0.4) is 0 Å². The lowest BCUT2D eigenvalue weighted by Crippen LogP contribution is -2.39. The van der Waals surface area contributed by atoms with Gasteiger partial charge in [0.05, 0.1) is 18.2 Å². The molecular weight excluding hydrogens is 444 g/mol. The first-order valence-electron chi connectivity index (χ1n) is 10.5. The van der Waals surface area contributed by atoms with Gasteiger partial charge in [-0.2, -0.15) is 5.10 Å². The maximum absolute atomic E-state index is 12.4. The lowest BCUT2D eigenvalue weighted by molar-refractivity contribution is -0.123. The van der Waals surface area contributed by atoms with Crippen LogP contribution in [0.2, 0.25) is 0 Å². The Morgan fingerprint density at radius 3 is 2.36 bits per heavy atom. The van der Waals surface area contributed by atoms with E-state index in [1.54, 1.807) is 36.4 Å². The quantitative estimate of drug-likeness (QED) is 0.382. The van der Waals surface area contributed by atoms with Gasteiger partial charge in [-0.1, -0.05) is 25.1 Å². The van der Waals surface area contributed by atoms with Gasteiger partial charge in [0, 0.05) is 6.04 Å². The number of hydrogen-bond donors (Lipinski definition) is 2. The van der Waals surface area contributed by atoms with Crippen LogP contribution in [0.4, 0.5) is 5.69 Å². The Hall–Kier alpha value is -3.40. The molecule has 33 heavy (non-hydrogen) atoms. The van der Waals surface area contributed by atoms with Gasteiger partial charge in [0.25, 0.3) is 11.8 Å². The first kappa shape index (κ1) is 25.9. The fourth-order valence-electron chi connectivity index (χ4n) is 2.94. The summed E-state index contributed by atoms with van der Waals surface area (Å²) in [5.41, 5.74) is 4.33. The Labute approximate surface area is 194 Å². The zero-order chi connectivity index (χ0) is 24.4. The molecule has 2 aromatic rings. The minimum atomic E-state index is -3.67. The predicted octanol–water partition coefficient (Wildman–Crippen LogP) is 2.07. The number of amides is 2. The SMILES string of the molecule is CCc1ccccc1N(CC(=O)N/N=C\c1ccc(OCC(=O)NC(C)C)cc1)S(C)(=O)=O. The van der Waals surface area contributed by atoms with Crippen molar-refractivity contribution in [1.29, 1.82) is 0 Å². The van der Waals surface area contributed by atoms with Gasteiger partial charge in [-0.05, 0) is 61.7 Å². The number of sulfonamides is 1. The van der Waals surface area contributed by atoms with Crippen LogP contribution < -0.4 is 19.8 Å². The number of carbonyl (C=O) groups excluding carboxylic acids is 2. The summed E-state index contributed by atoms with van der Waals surface area (Å²) < 4.78 is 31.0. The fourth-order valence-corrected chi connectivity index (χ4v) is 3.83. The zero-order valence-corrected chi connectivity index (χ0v) is 20.1. The Kier molecular flexibility index (Phi) is 9.41. The highest BCUT2D eigenvalue weighted by Gasteiger charge is 2.22. The normalized spacial score (nSPS) is 11.4. The predicted molar refractivity (Wildman–Crippen MR) is 129 cm³/mol. The number of nitrogens with zero attached hydrogens (tertiary/aromatic N) is 2. The second kappa shape index (κ2) is 12.0. The zero-order valence-electron chi connectivity index (χ0n) is 19.2. The van der Waals surface area contributed by atoms with Gasteiger partial charge in [0.1, 0.15) is 12.3 Å². The van der Waals surface area contributed by atoms with E-state index in [4.69, 9.17) is 4.74 Å². The molecule has 0 fully saturated rings. The van der Waals surface area contributed by atoms with Crippen molar-refractivity contribution in [1.82, 2.24) is 10.7 Å². The van der Waals surface area contributed by atoms with Crippen molar-refractivity contribution in [3.8, 4) is 5.75 Å². The molecule has 0 radical (unpaired) electrons. The molecule has 2 amide bonds. The highest BCUT2D eigenvalue weighted by molar-refractivity contribution is 7.92. The van der Waals surface area contributed by atoms with E-state index in [0.29, 0.717) is 23.4 Å². The number of para-hydroxylation sites is 1. The Bertz CT molecular complexity index is 1080. The molecule has 0 unspecified atom stereocenters. The highest BCUT2D eigenvalue weighted by Crippen LogP contribution is 2.23. The van der Waals surface area contributed by atoms with Crippen LogP contribution in [0.25, 0.3) is 0 Å². The van der Waals surface area contributed by atoms with E-state index >= 15 is 0 Å². The van der Waals surface area contributed by atoms with Crippen LogP contribution in [0.15, 0.2) is 53.6 Å². The molecule has 0 aromatic heterocycles. The standard InChI is InChI=1S/C23H30N4O5S/c1-5-19-8-6-7-9-21(19)27(33(4,30)31)15-22(28)26-24-14-18-10-12-20(13-11-18)32-16-23(29)25-17(2)3/h6-14,17H,5,15-16H2,1-4H3,(H,25,29)(H,26,28)/b24-14-. The molecular formula is C23H30N4O5S. The van der Waals surface area contributed by atoms with Crippen LogP contribution in [-0.2, 0) is 26.0 Å². The molecule has 0 heterocycles. The van der Waals surface area contributed by atoms with E-state index in [2.05, 4.69) is 15.8 Å². The van der Waals surface area contributed by atoms with Gasteiger partial charge in [0.15, 0.2) is 6.61 Å². The molecule has 0 bridgehead atoms. The van der Waals surface area contributed by atoms with Crippen molar-refractivity contribution >= 4 is 33.7 Å². The topological polar surface area (TPSA) is 117 Å². The number of aryl methyl sites for hydroxylation is 1. The molecule has 10 heteroatoms. The molecule has 0 saturated heterocycles. The van der Waals surface area contributed by atoms with E-state index in [1.807, 2.05) is 32.9 Å². The average Bonchev–Trinajstić information content (AvgIpc) is 2.75. The lowest BCUT2D eigenvalue weighted by atomic mass is 10.1. The van der Waals surface area contributed by atoms with Crippen LogP contribution in [-0.4, -0.2) is 51.9 Å². The molecule has 2 rings (SSSR count). The Balaban J connectivity index is 1.95. The van der Waals surface area contributed by atoms with Gasteiger partial charge >= 0.3 is 0 Å². The van der Waals surface area contributed by atoms with E-state index in [-0.39, 0.29) is 18.6 Å². The van der Waals surface area contributed by atoms with Gasteiger partial charge < -0.3 is 10.1 Å². The van der Waals surface area contributed by atoms with Crippen molar-refractivity contribution in [2.24, 2.45) is 5.10 Å². The molecule has 0 aliphatic rings. The van der Waals surface area contributed by atoms with Crippen molar-refractivity contribution < 1.29 is 22.7 Å². The van der Waals surface area contributed by atoms with Gasteiger partial charge in [-0.3, -0.25) is 13.9 Å². The number of nitrogens with one attached hydrogen (secondary N) is 2. The van der Waals surface area contributed by atoms with Crippen molar-refractivity contribution in [2.75, 3.05) is 23.7 Å². The third kappa shape index (κ3) is 8.57. The van der Waals surface area contributed by atoms with Gasteiger partial charge in [-0.15, -0.1) is 0 Å². The number of benzene rings is 2. The summed E-state index contributed by atoms with van der Waals surface area (Å²) in [4.78, 5) is 24.0.